The average molecular weight is 181 g/mol. The van der Waals surface area contributed by atoms with Crippen molar-refractivity contribution in [2.24, 2.45) is 0 Å². The molecule has 1 aliphatic rings. The molecule has 0 N–H and O–H groups in total. The number of rotatable bonds is 0. The van der Waals surface area contributed by atoms with Crippen LogP contribution in [0.2, 0.25) is 0 Å². The van der Waals surface area contributed by atoms with Crippen LogP contribution in [-0.2, 0) is 17.4 Å². The fourth-order valence-electron chi connectivity index (χ4n) is 1.34. The van der Waals surface area contributed by atoms with Gasteiger partial charge in [-0.2, -0.15) is 5.56 Å². The molecule has 1 atom stereocenters. The van der Waals surface area contributed by atoms with Crippen molar-refractivity contribution in [3.63, 3.8) is 0 Å². The Hall–Kier alpha value is -0.508. The number of allylic oxidation sites excluding steroid dienone is 1. The van der Waals surface area contributed by atoms with Gasteiger partial charge in [0.1, 0.15) is 0 Å². The van der Waals surface area contributed by atoms with Gasteiger partial charge in [0.05, 0.1) is 0 Å². The third-order valence-electron chi connectivity index (χ3n) is 1.95. The van der Waals surface area contributed by atoms with E-state index in [1.165, 1.54) is 11.1 Å². The van der Waals surface area contributed by atoms with E-state index < -0.39 is 0 Å². The molecule has 56 valence electrons. The molecule has 0 bridgehead atoms. The number of hydrogen-bond acceptors (Lipinski definition) is 0. The zero-order valence-corrected chi connectivity index (χ0v) is 7.65. The van der Waals surface area contributed by atoms with E-state index in [-0.39, 0.29) is 17.4 Å². The Morgan fingerprint density at radius 1 is 1.27 bits per heavy atom. The fraction of sp³-hybridized carbons (Fsp3) is 0.200. The molecule has 0 nitrogen and oxygen atoms in total. The second-order valence-electron chi connectivity index (χ2n) is 2.66. The average Bonchev–Trinajstić information content (AvgIpc) is 2.34. The number of fused-ring (bicyclic) bond motifs is 1. The summed E-state index contributed by atoms with van der Waals surface area (Å²) in [5.41, 5.74) is 2.73. The SMILES string of the molecule is CC1[C-]=Cc2ccccc21.[Cr]. The molecule has 11 heavy (non-hydrogen) atoms. The Bertz CT molecular complexity index is 276. The van der Waals surface area contributed by atoms with Crippen LogP contribution in [0.3, 0.4) is 0 Å². The van der Waals surface area contributed by atoms with Crippen molar-refractivity contribution in [3.8, 4) is 0 Å². The van der Waals surface area contributed by atoms with Crippen LogP contribution in [0.4, 0.5) is 0 Å². The molecule has 0 fully saturated rings. The van der Waals surface area contributed by atoms with Crippen LogP contribution in [0.5, 0.6) is 0 Å². The molecule has 1 aromatic carbocycles. The topological polar surface area (TPSA) is 0 Å². The van der Waals surface area contributed by atoms with Crippen molar-refractivity contribution in [1.82, 2.24) is 0 Å². The summed E-state index contributed by atoms with van der Waals surface area (Å²) in [6.07, 6.45) is 5.33. The van der Waals surface area contributed by atoms with Gasteiger partial charge in [-0.15, -0.1) is 11.6 Å². The molecule has 0 amide bonds. The maximum atomic E-state index is 3.26. The van der Waals surface area contributed by atoms with Gasteiger partial charge in [-0.25, -0.2) is 6.08 Å². The molecule has 0 heterocycles. The van der Waals surface area contributed by atoms with E-state index in [9.17, 15) is 0 Å². The quantitative estimate of drug-likeness (QED) is 0.540. The summed E-state index contributed by atoms with van der Waals surface area (Å²) in [6.45, 7) is 2.17. The second kappa shape index (κ2) is 3.26. The molecule has 2 rings (SSSR count). The molecule has 0 aromatic heterocycles. The first-order valence-electron chi connectivity index (χ1n) is 3.56. The van der Waals surface area contributed by atoms with Crippen LogP contribution < -0.4 is 0 Å². The number of hydrogen-bond donors (Lipinski definition) is 0. The van der Waals surface area contributed by atoms with Crippen molar-refractivity contribution >= 4 is 6.08 Å². The molecule has 0 saturated heterocycles. The standard InChI is InChI=1S/C10H9.Cr/c1-8-6-7-9-4-2-3-5-10(8)9;/h2-5,7-8H,1H3;/q-1;. The predicted molar refractivity (Wildman–Crippen MR) is 42.6 cm³/mol. The normalized spacial score (nSPS) is 19.2. The van der Waals surface area contributed by atoms with Gasteiger partial charge in [-0.1, -0.05) is 31.0 Å². The Morgan fingerprint density at radius 3 is 2.73 bits per heavy atom. The maximum absolute atomic E-state index is 3.26. The molecule has 0 spiro atoms. The Balaban J connectivity index is 0.000000605. The second-order valence-corrected chi connectivity index (χ2v) is 2.66. The molecule has 1 unspecified atom stereocenters. The van der Waals surface area contributed by atoms with Crippen LogP contribution in [0, 0.1) is 6.08 Å². The van der Waals surface area contributed by atoms with Gasteiger partial charge < -0.3 is 0 Å². The van der Waals surface area contributed by atoms with E-state index >= 15 is 0 Å². The molecule has 1 aromatic rings. The zero-order valence-electron chi connectivity index (χ0n) is 6.37. The van der Waals surface area contributed by atoms with Gasteiger partial charge in [-0.3, -0.25) is 6.08 Å². The molecule has 1 heteroatoms. The summed E-state index contributed by atoms with van der Waals surface area (Å²) in [5, 5.41) is 0. The van der Waals surface area contributed by atoms with Crippen LogP contribution in [0.25, 0.3) is 6.08 Å². The Kier molecular flexibility index (Phi) is 2.54. The summed E-state index contributed by atoms with van der Waals surface area (Å²) in [5.74, 6) is 0.496. The number of benzene rings is 1. The summed E-state index contributed by atoms with van der Waals surface area (Å²) < 4.78 is 0. The van der Waals surface area contributed by atoms with Gasteiger partial charge in [0.2, 0.25) is 0 Å². The van der Waals surface area contributed by atoms with Gasteiger partial charge >= 0.3 is 0 Å². The van der Waals surface area contributed by atoms with Crippen LogP contribution in [0.15, 0.2) is 24.3 Å². The van der Waals surface area contributed by atoms with Gasteiger partial charge in [0.15, 0.2) is 0 Å². The van der Waals surface area contributed by atoms with Crippen molar-refractivity contribution in [2.75, 3.05) is 0 Å². The summed E-state index contributed by atoms with van der Waals surface area (Å²) in [4.78, 5) is 0. The first kappa shape index (κ1) is 8.59. The van der Waals surface area contributed by atoms with Crippen molar-refractivity contribution in [2.45, 2.75) is 12.8 Å². The minimum atomic E-state index is 0. The zero-order chi connectivity index (χ0) is 6.97. The van der Waals surface area contributed by atoms with Crippen LogP contribution in [-0.4, -0.2) is 0 Å². The minimum Gasteiger partial charge on any atom is -0.269 e. The van der Waals surface area contributed by atoms with Crippen LogP contribution >= 0.6 is 0 Å². The van der Waals surface area contributed by atoms with Crippen molar-refractivity contribution < 1.29 is 17.4 Å². The first-order chi connectivity index (χ1) is 4.88. The fourth-order valence-corrected chi connectivity index (χ4v) is 1.34. The third kappa shape index (κ3) is 1.40. The van der Waals surface area contributed by atoms with E-state index in [0.717, 1.165) is 0 Å². The Morgan fingerprint density at radius 2 is 2.00 bits per heavy atom. The largest absolute Gasteiger partial charge is 0.269 e. The molecule has 0 saturated carbocycles. The van der Waals surface area contributed by atoms with E-state index in [0.29, 0.717) is 5.92 Å². The van der Waals surface area contributed by atoms with Crippen molar-refractivity contribution in [3.05, 3.63) is 41.5 Å². The van der Waals surface area contributed by atoms with Gasteiger partial charge in [-0.05, 0) is 0 Å². The molecule has 0 aliphatic heterocycles. The first-order valence-corrected chi connectivity index (χ1v) is 3.56. The monoisotopic (exact) mass is 181 g/mol. The van der Waals surface area contributed by atoms with Crippen LogP contribution in [0.1, 0.15) is 24.0 Å². The molecular weight excluding hydrogens is 172 g/mol. The van der Waals surface area contributed by atoms with E-state index in [1.54, 1.807) is 0 Å². The summed E-state index contributed by atoms with van der Waals surface area (Å²) in [6, 6.07) is 8.44. The van der Waals surface area contributed by atoms with Crippen molar-refractivity contribution in [1.29, 1.82) is 0 Å². The molecule has 1 aliphatic carbocycles. The Labute approximate surface area is 78.1 Å². The van der Waals surface area contributed by atoms with E-state index in [1.807, 2.05) is 0 Å². The third-order valence-corrected chi connectivity index (χ3v) is 1.95. The van der Waals surface area contributed by atoms with Gasteiger partial charge in [0.25, 0.3) is 0 Å². The summed E-state index contributed by atoms with van der Waals surface area (Å²) in [7, 11) is 0. The minimum absolute atomic E-state index is 0. The van der Waals surface area contributed by atoms with E-state index in [2.05, 4.69) is 43.3 Å². The van der Waals surface area contributed by atoms with Gasteiger partial charge in [0, 0.05) is 17.4 Å². The summed E-state index contributed by atoms with van der Waals surface area (Å²) >= 11 is 0. The molecule has 0 radical (unpaired) electrons. The smallest absolute Gasteiger partial charge is 0 e. The molecular formula is C10H9Cr-. The predicted octanol–water partition coefficient (Wildman–Crippen LogP) is 2.62. The van der Waals surface area contributed by atoms with E-state index in [4.69, 9.17) is 0 Å². The maximum Gasteiger partial charge on any atom is 0 e.